The predicted octanol–water partition coefficient (Wildman–Crippen LogP) is 2.44. The van der Waals surface area contributed by atoms with Gasteiger partial charge in [0.25, 0.3) is 0 Å². The molecule has 0 amide bonds. The van der Waals surface area contributed by atoms with Gasteiger partial charge in [-0.1, -0.05) is 48.5 Å². The molecule has 130 valence electrons. The maximum atomic E-state index is 12.2. The zero-order valence-corrected chi connectivity index (χ0v) is 16.6. The van der Waals surface area contributed by atoms with Crippen LogP contribution in [0, 0.1) is 0 Å². The van der Waals surface area contributed by atoms with Crippen molar-refractivity contribution < 1.29 is 8.42 Å². The summed E-state index contributed by atoms with van der Waals surface area (Å²) >= 11 is 0. The minimum absolute atomic E-state index is 0. The van der Waals surface area contributed by atoms with Crippen LogP contribution in [-0.2, 0) is 16.4 Å². The van der Waals surface area contributed by atoms with Crippen molar-refractivity contribution in [3.05, 3.63) is 66.2 Å². The number of benzene rings is 2. The van der Waals surface area contributed by atoms with E-state index in [4.69, 9.17) is 0 Å². The number of hydrogen-bond donors (Lipinski definition) is 2. The maximum absolute atomic E-state index is 12.2. The number of halogens is 1. The highest BCUT2D eigenvalue weighted by molar-refractivity contribution is 14.0. The molecule has 0 saturated carbocycles. The zero-order chi connectivity index (χ0) is 16.5. The molecule has 7 heteroatoms. The van der Waals surface area contributed by atoms with Crippen molar-refractivity contribution in [3.63, 3.8) is 0 Å². The van der Waals surface area contributed by atoms with Crippen molar-refractivity contribution in [2.75, 3.05) is 19.3 Å². The summed E-state index contributed by atoms with van der Waals surface area (Å²) in [5, 5.41) is 6.18. The van der Waals surface area contributed by atoms with Gasteiger partial charge in [-0.2, -0.15) is 0 Å². The van der Waals surface area contributed by atoms with Gasteiger partial charge in [0.05, 0.1) is 10.6 Å². The molecule has 0 radical (unpaired) electrons. The van der Waals surface area contributed by atoms with Crippen molar-refractivity contribution in [2.24, 2.45) is 4.99 Å². The van der Waals surface area contributed by atoms with Gasteiger partial charge in [-0.05, 0) is 17.7 Å². The van der Waals surface area contributed by atoms with Gasteiger partial charge in [0, 0.05) is 20.1 Å². The summed E-state index contributed by atoms with van der Waals surface area (Å²) in [6, 6.07) is 18.4. The molecule has 0 heterocycles. The van der Waals surface area contributed by atoms with Gasteiger partial charge in [-0.25, -0.2) is 8.42 Å². The standard InChI is InChI=1S/C17H21N3O2S.HI/c1-18-17(20-14-15-8-4-2-5-9-15)19-12-13-23(21,22)16-10-6-3-7-11-16;/h2-11H,12-14H2,1H3,(H2,18,19,20);1H. The van der Waals surface area contributed by atoms with Gasteiger partial charge in [-0.3, -0.25) is 4.99 Å². The molecule has 2 rings (SSSR count). The molecular weight excluding hydrogens is 437 g/mol. The Morgan fingerprint density at radius 3 is 2.12 bits per heavy atom. The number of rotatable bonds is 6. The van der Waals surface area contributed by atoms with Gasteiger partial charge < -0.3 is 10.6 Å². The molecule has 0 fully saturated rings. The Bertz CT molecular complexity index is 735. The highest BCUT2D eigenvalue weighted by Gasteiger charge is 2.13. The predicted molar refractivity (Wildman–Crippen MR) is 109 cm³/mol. The lowest BCUT2D eigenvalue weighted by Crippen LogP contribution is -2.39. The molecule has 0 spiro atoms. The first-order valence-electron chi connectivity index (χ1n) is 7.38. The van der Waals surface area contributed by atoms with Crippen molar-refractivity contribution in [3.8, 4) is 0 Å². The molecule has 0 unspecified atom stereocenters. The van der Waals surface area contributed by atoms with Gasteiger partial charge >= 0.3 is 0 Å². The van der Waals surface area contributed by atoms with E-state index in [1.165, 1.54) is 0 Å². The Morgan fingerprint density at radius 1 is 0.958 bits per heavy atom. The quantitative estimate of drug-likeness (QED) is 0.396. The smallest absolute Gasteiger partial charge is 0.191 e. The molecule has 2 aromatic carbocycles. The second-order valence-corrected chi connectivity index (χ2v) is 7.08. The van der Waals surface area contributed by atoms with Gasteiger partial charge in [0.15, 0.2) is 15.8 Å². The molecule has 2 N–H and O–H groups in total. The van der Waals surface area contributed by atoms with Crippen LogP contribution in [0.25, 0.3) is 0 Å². The van der Waals surface area contributed by atoms with Crippen LogP contribution in [0.15, 0.2) is 70.6 Å². The van der Waals surface area contributed by atoms with E-state index in [-0.39, 0.29) is 29.7 Å². The van der Waals surface area contributed by atoms with Crippen LogP contribution < -0.4 is 10.6 Å². The Labute approximate surface area is 160 Å². The van der Waals surface area contributed by atoms with Crippen molar-refractivity contribution in [2.45, 2.75) is 11.4 Å². The fourth-order valence-electron chi connectivity index (χ4n) is 2.05. The van der Waals surface area contributed by atoms with Gasteiger partial charge in [0.2, 0.25) is 0 Å². The first-order chi connectivity index (χ1) is 11.1. The summed E-state index contributed by atoms with van der Waals surface area (Å²) in [7, 11) is -1.62. The molecular formula is C17H22IN3O2S. The normalized spacial score (nSPS) is 11.5. The monoisotopic (exact) mass is 459 g/mol. The second kappa shape index (κ2) is 10.3. The third-order valence-electron chi connectivity index (χ3n) is 3.29. The summed E-state index contributed by atoms with van der Waals surface area (Å²) in [5.74, 6) is 0.598. The average Bonchev–Trinajstić information content (AvgIpc) is 2.59. The highest BCUT2D eigenvalue weighted by Crippen LogP contribution is 2.09. The molecule has 0 aliphatic rings. The first kappa shape index (κ1) is 20.4. The minimum Gasteiger partial charge on any atom is -0.355 e. The topological polar surface area (TPSA) is 70.6 Å². The number of sulfone groups is 1. The largest absolute Gasteiger partial charge is 0.355 e. The van der Waals surface area contributed by atoms with E-state index in [1.54, 1.807) is 37.4 Å². The fraction of sp³-hybridized carbons (Fsp3) is 0.235. The van der Waals surface area contributed by atoms with E-state index in [2.05, 4.69) is 15.6 Å². The van der Waals surface area contributed by atoms with Gasteiger partial charge in [-0.15, -0.1) is 24.0 Å². The Morgan fingerprint density at radius 2 is 1.54 bits per heavy atom. The Hall–Kier alpha value is -1.61. The number of aliphatic imine (C=N–C) groups is 1. The summed E-state index contributed by atoms with van der Waals surface area (Å²) in [5.41, 5.74) is 1.13. The van der Waals surface area contributed by atoms with Crippen LogP contribution in [0.2, 0.25) is 0 Å². The molecule has 24 heavy (non-hydrogen) atoms. The van der Waals surface area contributed by atoms with Crippen molar-refractivity contribution in [1.82, 2.24) is 10.6 Å². The fourth-order valence-corrected chi connectivity index (χ4v) is 3.23. The first-order valence-corrected chi connectivity index (χ1v) is 9.03. The molecule has 0 aliphatic carbocycles. The lowest BCUT2D eigenvalue weighted by Gasteiger charge is -2.12. The molecule has 0 bridgehead atoms. The minimum atomic E-state index is -3.28. The van der Waals surface area contributed by atoms with E-state index in [0.717, 1.165) is 5.56 Å². The number of guanidine groups is 1. The van der Waals surface area contributed by atoms with Gasteiger partial charge in [0.1, 0.15) is 0 Å². The van der Waals surface area contributed by atoms with Crippen molar-refractivity contribution in [1.29, 1.82) is 0 Å². The summed E-state index contributed by atoms with van der Waals surface area (Å²) in [6.45, 7) is 0.928. The Kier molecular flexibility index (Phi) is 8.77. The molecule has 0 aromatic heterocycles. The summed E-state index contributed by atoms with van der Waals surface area (Å²) in [6.07, 6.45) is 0. The SMILES string of the molecule is CN=C(NCCS(=O)(=O)c1ccccc1)NCc1ccccc1.I. The molecule has 5 nitrogen and oxygen atoms in total. The number of hydrogen-bond acceptors (Lipinski definition) is 3. The molecule has 0 saturated heterocycles. The number of nitrogens with zero attached hydrogens (tertiary/aromatic N) is 1. The average molecular weight is 459 g/mol. The third-order valence-corrected chi connectivity index (χ3v) is 5.02. The van der Waals surface area contributed by atoms with Crippen LogP contribution in [-0.4, -0.2) is 33.7 Å². The third kappa shape index (κ3) is 6.48. The second-order valence-electron chi connectivity index (χ2n) is 4.97. The van der Waals surface area contributed by atoms with Crippen LogP contribution >= 0.6 is 24.0 Å². The Balaban J connectivity index is 0.00000288. The van der Waals surface area contributed by atoms with Crippen LogP contribution in [0.4, 0.5) is 0 Å². The molecule has 2 aromatic rings. The highest BCUT2D eigenvalue weighted by atomic mass is 127. The van der Waals surface area contributed by atoms with Crippen LogP contribution in [0.1, 0.15) is 5.56 Å². The number of nitrogens with one attached hydrogen (secondary N) is 2. The van der Waals surface area contributed by atoms with E-state index in [1.807, 2.05) is 30.3 Å². The van der Waals surface area contributed by atoms with Crippen LogP contribution in [0.3, 0.4) is 0 Å². The summed E-state index contributed by atoms with van der Waals surface area (Å²) in [4.78, 5) is 4.44. The lowest BCUT2D eigenvalue weighted by molar-refractivity contribution is 0.594. The lowest BCUT2D eigenvalue weighted by atomic mass is 10.2. The van der Waals surface area contributed by atoms with Crippen LogP contribution in [0.5, 0.6) is 0 Å². The van der Waals surface area contributed by atoms with E-state index < -0.39 is 9.84 Å². The van der Waals surface area contributed by atoms with E-state index in [9.17, 15) is 8.42 Å². The maximum Gasteiger partial charge on any atom is 0.191 e. The van der Waals surface area contributed by atoms with E-state index in [0.29, 0.717) is 23.9 Å². The zero-order valence-electron chi connectivity index (χ0n) is 13.5. The van der Waals surface area contributed by atoms with Crippen molar-refractivity contribution >= 4 is 39.8 Å². The summed E-state index contributed by atoms with van der Waals surface area (Å²) < 4.78 is 24.4. The molecule has 0 aliphatic heterocycles. The van der Waals surface area contributed by atoms with E-state index >= 15 is 0 Å². The molecule has 0 atom stereocenters.